The molecule has 128 valence electrons. The Hall–Kier alpha value is -0.690. The van der Waals surface area contributed by atoms with Gasteiger partial charge < -0.3 is 24.8 Å². The molecule has 6 heteroatoms. The van der Waals surface area contributed by atoms with Crippen LogP contribution in [-0.4, -0.2) is 65.2 Å². The fraction of sp³-hybridized carbons (Fsp3) is 0.938. The summed E-state index contributed by atoms with van der Waals surface area (Å²) >= 11 is 0. The Labute approximate surface area is 133 Å². The summed E-state index contributed by atoms with van der Waals surface area (Å²) in [6.07, 6.45) is 4.90. The van der Waals surface area contributed by atoms with E-state index in [2.05, 4.69) is 10.6 Å². The van der Waals surface area contributed by atoms with E-state index in [1.165, 1.54) is 0 Å². The highest BCUT2D eigenvalue weighted by molar-refractivity contribution is 5.76. The quantitative estimate of drug-likeness (QED) is 0.613. The lowest BCUT2D eigenvalue weighted by atomic mass is 9.79. The van der Waals surface area contributed by atoms with Crippen molar-refractivity contribution in [3.63, 3.8) is 0 Å². The van der Waals surface area contributed by atoms with Gasteiger partial charge in [0.25, 0.3) is 0 Å². The van der Waals surface area contributed by atoms with Crippen LogP contribution in [0.2, 0.25) is 0 Å². The van der Waals surface area contributed by atoms with Crippen LogP contribution in [0.1, 0.15) is 32.1 Å². The normalized spacial score (nSPS) is 24.3. The SMILES string of the molecule is COCC1(CNC(=O)CCOCC2CCCO2)CCNCC1. The lowest BCUT2D eigenvalue weighted by Gasteiger charge is -2.37. The maximum absolute atomic E-state index is 11.9. The highest BCUT2D eigenvalue weighted by Gasteiger charge is 2.32. The maximum Gasteiger partial charge on any atom is 0.222 e. The predicted octanol–water partition coefficient (Wildman–Crippen LogP) is 0.705. The third-order valence-corrected chi connectivity index (χ3v) is 4.58. The van der Waals surface area contributed by atoms with Gasteiger partial charge in [0.05, 0.1) is 25.9 Å². The third-order valence-electron chi connectivity index (χ3n) is 4.58. The van der Waals surface area contributed by atoms with Gasteiger partial charge in [-0.25, -0.2) is 0 Å². The van der Waals surface area contributed by atoms with E-state index in [-0.39, 0.29) is 17.4 Å². The largest absolute Gasteiger partial charge is 0.384 e. The number of amides is 1. The smallest absolute Gasteiger partial charge is 0.222 e. The minimum atomic E-state index is 0.0568. The second-order valence-corrected chi connectivity index (χ2v) is 6.42. The van der Waals surface area contributed by atoms with Crippen LogP contribution >= 0.6 is 0 Å². The van der Waals surface area contributed by atoms with Crippen LogP contribution in [-0.2, 0) is 19.0 Å². The van der Waals surface area contributed by atoms with Crippen molar-refractivity contribution in [1.29, 1.82) is 0 Å². The monoisotopic (exact) mass is 314 g/mol. The van der Waals surface area contributed by atoms with Gasteiger partial charge in [-0.05, 0) is 38.8 Å². The first kappa shape index (κ1) is 17.7. The van der Waals surface area contributed by atoms with E-state index >= 15 is 0 Å². The number of carbonyl (C=O) groups is 1. The molecular weight excluding hydrogens is 284 g/mol. The molecule has 6 nitrogen and oxygen atoms in total. The van der Waals surface area contributed by atoms with Crippen molar-refractivity contribution in [1.82, 2.24) is 10.6 Å². The van der Waals surface area contributed by atoms with Crippen molar-refractivity contribution in [3.8, 4) is 0 Å². The first-order chi connectivity index (χ1) is 10.7. The second-order valence-electron chi connectivity index (χ2n) is 6.42. The minimum absolute atomic E-state index is 0.0568. The third kappa shape index (κ3) is 5.83. The number of rotatable bonds is 9. The molecule has 2 aliphatic rings. The minimum Gasteiger partial charge on any atom is -0.384 e. The summed E-state index contributed by atoms with van der Waals surface area (Å²) in [6.45, 7) is 5.27. The highest BCUT2D eigenvalue weighted by Crippen LogP contribution is 2.28. The number of hydrogen-bond donors (Lipinski definition) is 2. The van der Waals surface area contributed by atoms with Gasteiger partial charge in [0.2, 0.25) is 5.91 Å². The molecule has 1 unspecified atom stereocenters. The van der Waals surface area contributed by atoms with Crippen LogP contribution in [0.15, 0.2) is 0 Å². The number of hydrogen-bond acceptors (Lipinski definition) is 5. The summed E-state index contributed by atoms with van der Waals surface area (Å²) in [4.78, 5) is 11.9. The van der Waals surface area contributed by atoms with Crippen molar-refractivity contribution < 1.29 is 19.0 Å². The van der Waals surface area contributed by atoms with Crippen LogP contribution in [0.25, 0.3) is 0 Å². The number of carbonyl (C=O) groups excluding carboxylic acids is 1. The zero-order valence-electron chi connectivity index (χ0n) is 13.7. The van der Waals surface area contributed by atoms with Crippen LogP contribution in [0.4, 0.5) is 0 Å². The Balaban J connectivity index is 1.59. The van der Waals surface area contributed by atoms with E-state index in [1.807, 2.05) is 0 Å². The van der Waals surface area contributed by atoms with E-state index in [4.69, 9.17) is 14.2 Å². The van der Waals surface area contributed by atoms with Gasteiger partial charge in [0.15, 0.2) is 0 Å². The Morgan fingerprint density at radius 3 is 2.91 bits per heavy atom. The average molecular weight is 314 g/mol. The number of methoxy groups -OCH3 is 1. The lowest BCUT2D eigenvalue weighted by molar-refractivity contribution is -0.123. The Morgan fingerprint density at radius 1 is 1.41 bits per heavy atom. The van der Waals surface area contributed by atoms with Crippen molar-refractivity contribution in [2.24, 2.45) is 5.41 Å². The predicted molar refractivity (Wildman–Crippen MR) is 83.8 cm³/mol. The van der Waals surface area contributed by atoms with Gasteiger partial charge in [-0.15, -0.1) is 0 Å². The van der Waals surface area contributed by atoms with Crippen LogP contribution in [0.3, 0.4) is 0 Å². The lowest BCUT2D eigenvalue weighted by Crippen LogP contribution is -2.47. The molecule has 0 aliphatic carbocycles. The summed E-state index contributed by atoms with van der Waals surface area (Å²) in [5, 5.41) is 6.40. The van der Waals surface area contributed by atoms with Gasteiger partial charge in [-0.1, -0.05) is 0 Å². The van der Waals surface area contributed by atoms with Gasteiger partial charge in [-0.3, -0.25) is 4.79 Å². The van der Waals surface area contributed by atoms with Crippen molar-refractivity contribution in [2.45, 2.75) is 38.2 Å². The van der Waals surface area contributed by atoms with Crippen molar-refractivity contribution in [3.05, 3.63) is 0 Å². The van der Waals surface area contributed by atoms with E-state index in [9.17, 15) is 4.79 Å². The molecule has 1 atom stereocenters. The van der Waals surface area contributed by atoms with Gasteiger partial charge in [0.1, 0.15) is 0 Å². The van der Waals surface area contributed by atoms with E-state index in [0.717, 1.165) is 45.4 Å². The molecule has 0 radical (unpaired) electrons. The van der Waals surface area contributed by atoms with Gasteiger partial charge >= 0.3 is 0 Å². The summed E-state index contributed by atoms with van der Waals surface area (Å²) in [5.74, 6) is 0.0568. The van der Waals surface area contributed by atoms with E-state index in [1.54, 1.807) is 7.11 Å². The first-order valence-corrected chi connectivity index (χ1v) is 8.40. The molecule has 2 saturated heterocycles. The topological polar surface area (TPSA) is 68.8 Å². The zero-order chi connectivity index (χ0) is 15.7. The fourth-order valence-corrected chi connectivity index (χ4v) is 3.17. The summed E-state index contributed by atoms with van der Waals surface area (Å²) < 4.78 is 16.4. The summed E-state index contributed by atoms with van der Waals surface area (Å²) in [7, 11) is 1.73. The average Bonchev–Trinajstić information content (AvgIpc) is 3.04. The zero-order valence-corrected chi connectivity index (χ0v) is 13.7. The standard InChI is InChI=1S/C16H30N2O4/c1-20-13-16(5-7-17-8-6-16)12-18-15(19)4-10-21-11-14-3-2-9-22-14/h14,17H,2-13H2,1H3,(H,18,19). The van der Waals surface area contributed by atoms with E-state index < -0.39 is 0 Å². The van der Waals surface area contributed by atoms with Crippen LogP contribution in [0.5, 0.6) is 0 Å². The molecule has 0 aromatic carbocycles. The summed E-state index contributed by atoms with van der Waals surface area (Å²) in [6, 6.07) is 0. The van der Waals surface area contributed by atoms with Gasteiger partial charge in [0, 0.05) is 32.1 Å². The molecule has 2 N–H and O–H groups in total. The molecule has 22 heavy (non-hydrogen) atoms. The van der Waals surface area contributed by atoms with Gasteiger partial charge in [-0.2, -0.15) is 0 Å². The fourth-order valence-electron chi connectivity index (χ4n) is 3.17. The molecule has 2 aliphatic heterocycles. The molecule has 0 bridgehead atoms. The molecule has 1 amide bonds. The molecule has 0 spiro atoms. The molecular formula is C16H30N2O4. The van der Waals surface area contributed by atoms with E-state index in [0.29, 0.717) is 32.8 Å². The Kier molecular flexibility index (Phi) is 7.59. The molecule has 0 aromatic heterocycles. The van der Waals surface area contributed by atoms with Crippen LogP contribution in [0, 0.1) is 5.41 Å². The Bertz CT molecular complexity index is 321. The number of piperidine rings is 1. The molecule has 0 aromatic rings. The first-order valence-electron chi connectivity index (χ1n) is 8.40. The molecule has 2 rings (SSSR count). The van der Waals surface area contributed by atoms with Crippen LogP contribution < -0.4 is 10.6 Å². The number of ether oxygens (including phenoxy) is 3. The van der Waals surface area contributed by atoms with Crippen molar-refractivity contribution in [2.75, 3.05) is 53.2 Å². The highest BCUT2D eigenvalue weighted by atomic mass is 16.5. The Morgan fingerprint density at radius 2 is 2.23 bits per heavy atom. The second kappa shape index (κ2) is 9.45. The molecule has 2 fully saturated rings. The molecule has 0 saturated carbocycles. The molecule has 2 heterocycles. The van der Waals surface area contributed by atoms with Crippen molar-refractivity contribution >= 4 is 5.91 Å². The maximum atomic E-state index is 11.9. The number of nitrogens with one attached hydrogen (secondary N) is 2. The summed E-state index contributed by atoms with van der Waals surface area (Å²) in [5.41, 5.74) is 0.0776.